The fourth-order valence-electron chi connectivity index (χ4n) is 6.84. The van der Waals surface area contributed by atoms with E-state index in [2.05, 4.69) is 62.5 Å². The third kappa shape index (κ3) is 38.5. The third-order valence-corrected chi connectivity index (χ3v) is 10.4. The molecule has 0 rings (SSSR count). The standard InChI is InChI=1S/C49H89NO5/c1-4-7-10-13-16-19-22-23-24-27-30-33-36-39-42-49(54)55-45(40-37-34-31-28-25-20-17-14-11-8-5-2)43-48(53)50-46(44-51)47(52)41-38-35-32-29-26-21-18-15-12-9-6-3/h7,10,16,19,28,31,37,40,45-47,51-52H,4-6,8-9,11-15,17-18,20-27,29-30,32-36,38-39,41-44H2,1-3H3,(H,50,53)/b10-7+,19-16+,31-28-,40-37+. The fourth-order valence-corrected chi connectivity index (χ4v) is 6.84. The van der Waals surface area contributed by atoms with Gasteiger partial charge in [0.15, 0.2) is 0 Å². The summed E-state index contributed by atoms with van der Waals surface area (Å²) in [6, 6.07) is -0.731. The molecule has 3 N–H and O–H groups in total. The number of carbonyl (C=O) groups excluding carboxylic acids is 2. The highest BCUT2D eigenvalue weighted by molar-refractivity contribution is 5.78. The average molecular weight is 772 g/mol. The van der Waals surface area contributed by atoms with Crippen LogP contribution < -0.4 is 5.32 Å². The van der Waals surface area contributed by atoms with Gasteiger partial charge in [-0.3, -0.25) is 9.59 Å². The van der Waals surface area contributed by atoms with E-state index in [9.17, 15) is 19.8 Å². The minimum atomic E-state index is -0.810. The lowest BCUT2D eigenvalue weighted by Crippen LogP contribution is -2.46. The first-order valence-corrected chi connectivity index (χ1v) is 23.4. The van der Waals surface area contributed by atoms with Gasteiger partial charge in [0, 0.05) is 6.42 Å². The molecule has 0 aromatic carbocycles. The van der Waals surface area contributed by atoms with Crippen LogP contribution in [0.15, 0.2) is 48.6 Å². The summed E-state index contributed by atoms with van der Waals surface area (Å²) in [6.45, 7) is 6.32. The Hall–Kier alpha value is -2.18. The Morgan fingerprint density at radius 1 is 0.564 bits per heavy atom. The zero-order valence-corrected chi connectivity index (χ0v) is 36.3. The van der Waals surface area contributed by atoms with Gasteiger partial charge in [-0.05, 0) is 63.9 Å². The zero-order valence-electron chi connectivity index (χ0n) is 36.3. The molecule has 0 fully saturated rings. The molecule has 0 radical (unpaired) electrons. The van der Waals surface area contributed by atoms with Gasteiger partial charge in [-0.2, -0.15) is 0 Å². The molecule has 0 aliphatic rings. The van der Waals surface area contributed by atoms with Gasteiger partial charge in [-0.25, -0.2) is 0 Å². The van der Waals surface area contributed by atoms with Crippen LogP contribution in [0.25, 0.3) is 0 Å². The molecule has 6 heteroatoms. The number of nitrogens with one attached hydrogen (secondary N) is 1. The summed E-state index contributed by atoms with van der Waals surface area (Å²) in [4.78, 5) is 25.9. The highest BCUT2D eigenvalue weighted by atomic mass is 16.5. The molecule has 0 aliphatic heterocycles. The van der Waals surface area contributed by atoms with Crippen molar-refractivity contribution in [1.29, 1.82) is 0 Å². The van der Waals surface area contributed by atoms with E-state index >= 15 is 0 Å². The van der Waals surface area contributed by atoms with Crippen molar-refractivity contribution in [3.63, 3.8) is 0 Å². The molecular weight excluding hydrogens is 683 g/mol. The number of unbranched alkanes of at least 4 members (excludes halogenated alkanes) is 23. The normalized spacial score (nSPS) is 13.8. The van der Waals surface area contributed by atoms with Crippen molar-refractivity contribution in [2.75, 3.05) is 6.61 Å². The van der Waals surface area contributed by atoms with Gasteiger partial charge in [0.1, 0.15) is 6.10 Å². The van der Waals surface area contributed by atoms with Crippen LogP contribution in [0.2, 0.25) is 0 Å². The quantitative estimate of drug-likeness (QED) is 0.0327. The van der Waals surface area contributed by atoms with E-state index in [1.54, 1.807) is 0 Å². The minimum absolute atomic E-state index is 0.0317. The van der Waals surface area contributed by atoms with E-state index in [1.807, 2.05) is 12.2 Å². The number of allylic oxidation sites excluding steroid dienone is 7. The second kappa shape index (κ2) is 43.0. The molecule has 0 saturated carbocycles. The van der Waals surface area contributed by atoms with Crippen molar-refractivity contribution in [3.05, 3.63) is 48.6 Å². The number of aliphatic hydroxyl groups excluding tert-OH is 2. The predicted octanol–water partition coefficient (Wildman–Crippen LogP) is 13.5. The Kier molecular flexibility index (Phi) is 41.2. The number of hydrogen-bond acceptors (Lipinski definition) is 5. The summed E-state index contributed by atoms with van der Waals surface area (Å²) in [6.07, 6.45) is 50.6. The topological polar surface area (TPSA) is 95.9 Å². The molecule has 0 aromatic rings. The first kappa shape index (κ1) is 52.8. The zero-order chi connectivity index (χ0) is 40.3. The Labute approximate surface area is 340 Å². The summed E-state index contributed by atoms with van der Waals surface area (Å²) in [5.74, 6) is -0.612. The molecule has 0 saturated heterocycles. The van der Waals surface area contributed by atoms with Crippen LogP contribution in [0, 0.1) is 0 Å². The van der Waals surface area contributed by atoms with Crippen molar-refractivity contribution in [2.45, 2.75) is 244 Å². The van der Waals surface area contributed by atoms with E-state index in [-0.39, 0.29) is 24.9 Å². The van der Waals surface area contributed by atoms with Crippen molar-refractivity contribution >= 4 is 11.9 Å². The molecule has 3 atom stereocenters. The molecule has 3 unspecified atom stereocenters. The monoisotopic (exact) mass is 772 g/mol. The van der Waals surface area contributed by atoms with Gasteiger partial charge in [-0.15, -0.1) is 0 Å². The van der Waals surface area contributed by atoms with Gasteiger partial charge in [0.05, 0.1) is 25.2 Å². The second-order valence-corrected chi connectivity index (χ2v) is 15.8. The lowest BCUT2D eigenvalue weighted by molar-refractivity contribution is -0.148. The van der Waals surface area contributed by atoms with Crippen molar-refractivity contribution in [1.82, 2.24) is 5.32 Å². The van der Waals surface area contributed by atoms with E-state index in [0.717, 1.165) is 70.6 Å². The average Bonchev–Trinajstić information content (AvgIpc) is 3.18. The molecule has 0 aliphatic carbocycles. The number of hydrogen-bond donors (Lipinski definition) is 3. The van der Waals surface area contributed by atoms with Crippen molar-refractivity contribution in [2.24, 2.45) is 0 Å². The van der Waals surface area contributed by atoms with Crippen LogP contribution in [0.1, 0.15) is 226 Å². The van der Waals surface area contributed by atoms with Crippen molar-refractivity contribution < 1.29 is 24.5 Å². The second-order valence-electron chi connectivity index (χ2n) is 15.8. The van der Waals surface area contributed by atoms with Crippen LogP contribution in [-0.2, 0) is 14.3 Å². The van der Waals surface area contributed by atoms with Crippen LogP contribution in [0.3, 0.4) is 0 Å². The van der Waals surface area contributed by atoms with E-state index < -0.39 is 18.2 Å². The number of ether oxygens (including phenoxy) is 1. The molecule has 0 aromatic heterocycles. The molecule has 320 valence electrons. The van der Waals surface area contributed by atoms with E-state index in [0.29, 0.717) is 12.8 Å². The largest absolute Gasteiger partial charge is 0.458 e. The number of carbonyl (C=O) groups is 2. The smallest absolute Gasteiger partial charge is 0.306 e. The number of rotatable bonds is 41. The Bertz CT molecular complexity index is 957. The SMILES string of the molecule is CC/C=C/C/C=C/CCCCCCCCCC(=O)OC(/C=C/C/C=C\CCCCCCCC)CC(=O)NC(CO)C(O)CCCCCCCCCCCCC. The summed E-state index contributed by atoms with van der Waals surface area (Å²) < 4.78 is 5.80. The molecule has 0 heterocycles. The fraction of sp³-hybridized carbons (Fsp3) is 0.796. The molecular formula is C49H89NO5. The number of amides is 1. The maximum Gasteiger partial charge on any atom is 0.306 e. The van der Waals surface area contributed by atoms with Crippen LogP contribution in [0.5, 0.6) is 0 Å². The van der Waals surface area contributed by atoms with Gasteiger partial charge in [-0.1, -0.05) is 198 Å². The Morgan fingerprint density at radius 3 is 1.53 bits per heavy atom. The lowest BCUT2D eigenvalue weighted by Gasteiger charge is -2.23. The number of esters is 1. The van der Waals surface area contributed by atoms with Crippen LogP contribution >= 0.6 is 0 Å². The minimum Gasteiger partial charge on any atom is -0.458 e. The predicted molar refractivity (Wildman–Crippen MR) is 236 cm³/mol. The highest BCUT2D eigenvalue weighted by Gasteiger charge is 2.23. The molecule has 1 amide bonds. The molecule has 55 heavy (non-hydrogen) atoms. The van der Waals surface area contributed by atoms with Gasteiger partial charge >= 0.3 is 5.97 Å². The van der Waals surface area contributed by atoms with Gasteiger partial charge in [0.25, 0.3) is 0 Å². The Balaban J connectivity index is 4.66. The highest BCUT2D eigenvalue weighted by Crippen LogP contribution is 2.15. The first-order chi connectivity index (χ1) is 27.0. The molecule has 0 spiro atoms. The third-order valence-electron chi connectivity index (χ3n) is 10.4. The summed E-state index contributed by atoms with van der Waals surface area (Å²) in [5.41, 5.74) is 0. The van der Waals surface area contributed by atoms with Gasteiger partial charge in [0.2, 0.25) is 5.91 Å². The molecule has 0 bridgehead atoms. The number of aliphatic hydroxyl groups is 2. The molecule has 6 nitrogen and oxygen atoms in total. The maximum absolute atomic E-state index is 13.1. The van der Waals surface area contributed by atoms with Crippen LogP contribution in [-0.4, -0.2) is 46.9 Å². The summed E-state index contributed by atoms with van der Waals surface area (Å²) in [7, 11) is 0. The summed E-state index contributed by atoms with van der Waals surface area (Å²) >= 11 is 0. The van der Waals surface area contributed by atoms with E-state index in [4.69, 9.17) is 4.74 Å². The first-order valence-electron chi connectivity index (χ1n) is 23.4. The Morgan fingerprint density at radius 2 is 1.02 bits per heavy atom. The van der Waals surface area contributed by atoms with Gasteiger partial charge < -0.3 is 20.3 Å². The summed E-state index contributed by atoms with van der Waals surface area (Å²) in [5, 5.41) is 23.6. The van der Waals surface area contributed by atoms with E-state index in [1.165, 1.54) is 116 Å². The maximum atomic E-state index is 13.1. The van der Waals surface area contributed by atoms with Crippen molar-refractivity contribution in [3.8, 4) is 0 Å². The van der Waals surface area contributed by atoms with Crippen LogP contribution in [0.4, 0.5) is 0 Å². The lowest BCUT2D eigenvalue weighted by atomic mass is 10.0.